The number of hydrogen-bond acceptors (Lipinski definition) is 5. The fraction of sp³-hybridized carbons (Fsp3) is 0.136. The van der Waals surface area contributed by atoms with E-state index in [2.05, 4.69) is 5.32 Å². The number of nitrogens with zero attached hydrogens (tertiary/aromatic N) is 1. The number of pyridine rings is 1. The third-order valence-corrected chi connectivity index (χ3v) is 5.80. The van der Waals surface area contributed by atoms with E-state index in [0.29, 0.717) is 21.5 Å². The fourth-order valence-corrected chi connectivity index (χ4v) is 4.32. The quantitative estimate of drug-likeness (QED) is 0.516. The fourth-order valence-electron chi connectivity index (χ4n) is 3.24. The molecule has 1 amide bonds. The Labute approximate surface area is 170 Å². The summed E-state index contributed by atoms with van der Waals surface area (Å²) in [6, 6.07) is 15.8. The molecule has 0 spiro atoms. The number of para-hydroxylation sites is 1. The summed E-state index contributed by atoms with van der Waals surface area (Å²) >= 11 is 1.28. The maximum Gasteiger partial charge on any atom is 0.338 e. The third-order valence-electron chi connectivity index (χ3n) is 4.63. The van der Waals surface area contributed by atoms with Crippen molar-refractivity contribution in [3.05, 3.63) is 75.4 Å². The van der Waals surface area contributed by atoms with Gasteiger partial charge in [0.1, 0.15) is 0 Å². The Morgan fingerprint density at radius 3 is 2.66 bits per heavy atom. The van der Waals surface area contributed by atoms with Crippen molar-refractivity contribution >= 4 is 49.9 Å². The van der Waals surface area contributed by atoms with Crippen LogP contribution in [0.1, 0.15) is 27.0 Å². The van der Waals surface area contributed by atoms with Crippen LogP contribution in [0.5, 0.6) is 0 Å². The van der Waals surface area contributed by atoms with E-state index in [1.54, 1.807) is 48.9 Å². The van der Waals surface area contributed by atoms with Gasteiger partial charge in [0.2, 0.25) is 0 Å². The van der Waals surface area contributed by atoms with Gasteiger partial charge < -0.3 is 14.6 Å². The summed E-state index contributed by atoms with van der Waals surface area (Å²) in [5.74, 6) is -0.779. The molecule has 1 N–H and O–H groups in total. The number of ether oxygens (including phenoxy) is 1. The highest BCUT2D eigenvalue weighted by atomic mass is 32.1. The van der Waals surface area contributed by atoms with Crippen LogP contribution in [0.15, 0.2) is 59.4 Å². The summed E-state index contributed by atoms with van der Waals surface area (Å²) in [5, 5.41) is 4.24. The van der Waals surface area contributed by atoms with Gasteiger partial charge >= 0.3 is 5.97 Å². The van der Waals surface area contributed by atoms with E-state index in [0.717, 1.165) is 15.6 Å². The van der Waals surface area contributed by atoms with E-state index in [4.69, 9.17) is 4.74 Å². The molecule has 4 aromatic rings. The Hall–Kier alpha value is -3.45. The number of esters is 1. The number of nitrogens with one attached hydrogen (secondary N) is 1. The zero-order valence-electron chi connectivity index (χ0n) is 15.9. The number of aryl methyl sites for hydroxylation is 1. The van der Waals surface area contributed by atoms with E-state index in [-0.39, 0.29) is 18.1 Å². The number of benzene rings is 2. The largest absolute Gasteiger partial charge is 0.462 e. The van der Waals surface area contributed by atoms with E-state index in [9.17, 15) is 14.4 Å². The standard InChI is InChI=1S/C22H18N2O4S/c1-3-28-22(27)13-7-6-8-14(11-13)23-20(25)18-12-16-19(29-18)15-9-4-5-10-17(15)24(2)21(16)26/h4-12H,3H2,1-2H3,(H,23,25). The molecule has 0 fully saturated rings. The van der Waals surface area contributed by atoms with E-state index in [1.165, 1.54) is 11.3 Å². The predicted octanol–water partition coefficient (Wildman–Crippen LogP) is 4.18. The summed E-state index contributed by atoms with van der Waals surface area (Å²) in [6.45, 7) is 2.01. The highest BCUT2D eigenvalue weighted by Gasteiger charge is 2.17. The molecule has 0 radical (unpaired) electrons. The lowest BCUT2D eigenvalue weighted by atomic mass is 10.1. The number of rotatable bonds is 4. The molecule has 0 atom stereocenters. The number of amides is 1. The van der Waals surface area contributed by atoms with Crippen molar-refractivity contribution in [3.63, 3.8) is 0 Å². The number of carbonyl (C=O) groups is 2. The smallest absolute Gasteiger partial charge is 0.338 e. The molecule has 4 rings (SSSR count). The molecule has 0 aliphatic carbocycles. The number of hydrogen-bond donors (Lipinski definition) is 1. The molecule has 2 aromatic carbocycles. The molecule has 0 unspecified atom stereocenters. The second-order valence-corrected chi connectivity index (χ2v) is 7.54. The Balaban J connectivity index is 1.71. The Kier molecular flexibility index (Phi) is 4.90. The molecule has 2 heterocycles. The van der Waals surface area contributed by atoms with Crippen LogP contribution in [0.2, 0.25) is 0 Å². The summed E-state index contributed by atoms with van der Waals surface area (Å²) in [4.78, 5) is 37.8. The molecule has 0 saturated carbocycles. The first kappa shape index (κ1) is 18.9. The minimum Gasteiger partial charge on any atom is -0.462 e. The molecule has 0 aliphatic heterocycles. The highest BCUT2D eigenvalue weighted by molar-refractivity contribution is 7.21. The van der Waals surface area contributed by atoms with Gasteiger partial charge in [0.15, 0.2) is 0 Å². The zero-order valence-corrected chi connectivity index (χ0v) is 16.7. The van der Waals surface area contributed by atoms with Gasteiger partial charge in [0.05, 0.1) is 28.0 Å². The lowest BCUT2D eigenvalue weighted by Crippen LogP contribution is -2.16. The maximum absolute atomic E-state index is 12.8. The first-order valence-corrected chi connectivity index (χ1v) is 9.91. The number of carbonyl (C=O) groups excluding carboxylic acids is 2. The number of fused-ring (bicyclic) bond motifs is 3. The Morgan fingerprint density at radius 2 is 1.86 bits per heavy atom. The zero-order chi connectivity index (χ0) is 20.5. The van der Waals surface area contributed by atoms with Crippen molar-refractivity contribution in [1.29, 1.82) is 0 Å². The monoisotopic (exact) mass is 406 g/mol. The highest BCUT2D eigenvalue weighted by Crippen LogP contribution is 2.30. The van der Waals surface area contributed by atoms with Gasteiger partial charge in [-0.1, -0.05) is 24.3 Å². The van der Waals surface area contributed by atoms with E-state index < -0.39 is 5.97 Å². The topological polar surface area (TPSA) is 77.4 Å². The van der Waals surface area contributed by atoms with Crippen LogP contribution >= 0.6 is 11.3 Å². The molecule has 146 valence electrons. The minimum absolute atomic E-state index is 0.140. The van der Waals surface area contributed by atoms with Crippen molar-refractivity contribution in [1.82, 2.24) is 4.57 Å². The van der Waals surface area contributed by atoms with Gasteiger partial charge in [-0.3, -0.25) is 9.59 Å². The molecule has 0 bridgehead atoms. The van der Waals surface area contributed by atoms with Crippen LogP contribution in [0, 0.1) is 0 Å². The van der Waals surface area contributed by atoms with Crippen LogP contribution in [-0.2, 0) is 11.8 Å². The third kappa shape index (κ3) is 3.40. The number of anilines is 1. The molecule has 29 heavy (non-hydrogen) atoms. The van der Waals surface area contributed by atoms with Crippen LogP contribution in [0.4, 0.5) is 5.69 Å². The lowest BCUT2D eigenvalue weighted by Gasteiger charge is -2.06. The summed E-state index contributed by atoms with van der Waals surface area (Å²) in [5.41, 5.74) is 1.52. The molecular formula is C22H18N2O4S. The van der Waals surface area contributed by atoms with E-state index >= 15 is 0 Å². The molecule has 6 nitrogen and oxygen atoms in total. The van der Waals surface area contributed by atoms with Gasteiger partial charge in [-0.15, -0.1) is 11.3 Å². The average Bonchev–Trinajstić information content (AvgIpc) is 3.18. The molecule has 2 aromatic heterocycles. The second kappa shape index (κ2) is 7.52. The predicted molar refractivity (Wildman–Crippen MR) is 115 cm³/mol. The van der Waals surface area contributed by atoms with Crippen molar-refractivity contribution in [3.8, 4) is 0 Å². The maximum atomic E-state index is 12.8. The number of aromatic nitrogens is 1. The van der Waals surface area contributed by atoms with Gasteiger partial charge in [0, 0.05) is 22.8 Å². The average molecular weight is 406 g/mol. The van der Waals surface area contributed by atoms with Crippen molar-refractivity contribution in [2.75, 3.05) is 11.9 Å². The normalized spacial score (nSPS) is 11.0. The summed E-state index contributed by atoms with van der Waals surface area (Å²) in [7, 11) is 1.72. The van der Waals surface area contributed by atoms with Crippen LogP contribution in [0.3, 0.4) is 0 Å². The van der Waals surface area contributed by atoms with E-state index in [1.807, 2.05) is 24.3 Å². The molecule has 0 saturated heterocycles. The summed E-state index contributed by atoms with van der Waals surface area (Å²) in [6.07, 6.45) is 0. The van der Waals surface area contributed by atoms with Crippen LogP contribution in [-0.4, -0.2) is 23.1 Å². The SMILES string of the molecule is CCOC(=O)c1cccc(NC(=O)c2cc3c(=O)n(C)c4ccccc4c3s2)c1. The van der Waals surface area contributed by atoms with Crippen molar-refractivity contribution in [2.45, 2.75) is 6.92 Å². The summed E-state index contributed by atoms with van der Waals surface area (Å²) < 4.78 is 7.37. The first-order chi connectivity index (χ1) is 14.0. The van der Waals surface area contributed by atoms with Crippen molar-refractivity contribution < 1.29 is 14.3 Å². The van der Waals surface area contributed by atoms with Gasteiger partial charge in [-0.25, -0.2) is 4.79 Å². The van der Waals surface area contributed by atoms with Gasteiger partial charge in [0.25, 0.3) is 11.5 Å². The lowest BCUT2D eigenvalue weighted by molar-refractivity contribution is 0.0526. The Bertz CT molecular complexity index is 1320. The number of thiophene rings is 1. The second-order valence-electron chi connectivity index (χ2n) is 6.49. The van der Waals surface area contributed by atoms with Crippen LogP contribution < -0.4 is 10.9 Å². The Morgan fingerprint density at radius 1 is 1.07 bits per heavy atom. The molecular weight excluding hydrogens is 388 g/mol. The molecule has 7 heteroatoms. The van der Waals surface area contributed by atoms with Gasteiger partial charge in [-0.05, 0) is 37.3 Å². The molecule has 0 aliphatic rings. The minimum atomic E-state index is -0.444. The van der Waals surface area contributed by atoms with Gasteiger partial charge in [-0.2, -0.15) is 0 Å². The van der Waals surface area contributed by atoms with Crippen LogP contribution in [0.25, 0.3) is 21.0 Å². The van der Waals surface area contributed by atoms with Crippen molar-refractivity contribution in [2.24, 2.45) is 7.05 Å². The first-order valence-electron chi connectivity index (χ1n) is 9.09.